The van der Waals surface area contributed by atoms with Gasteiger partial charge in [-0.2, -0.15) is 5.10 Å². The molecular formula is C17H28N4O2. The summed E-state index contributed by atoms with van der Waals surface area (Å²) in [4.78, 5) is 16.3. The molecular weight excluding hydrogens is 292 g/mol. The van der Waals surface area contributed by atoms with Crippen LogP contribution in [0.2, 0.25) is 0 Å². The summed E-state index contributed by atoms with van der Waals surface area (Å²) in [5.74, 6) is 0.817. The fraction of sp³-hybridized carbons (Fsp3) is 0.765. The number of likely N-dealkylation sites (tertiary alicyclic amines) is 1. The van der Waals surface area contributed by atoms with Gasteiger partial charge in [0.25, 0.3) is 5.56 Å². The number of β-amino-alcohol motifs (C(OH)–C–C–N with tert-alkyl or cyclic N) is 1. The molecule has 2 aliphatic rings. The van der Waals surface area contributed by atoms with Gasteiger partial charge in [0, 0.05) is 45.7 Å². The summed E-state index contributed by atoms with van der Waals surface area (Å²) in [6.07, 6.45) is 2.99. The second-order valence-electron chi connectivity index (χ2n) is 7.20. The molecule has 1 atom stereocenters. The average molecular weight is 320 g/mol. The number of fused-ring (bicyclic) bond motifs is 1. The zero-order valence-electron chi connectivity index (χ0n) is 14.2. The lowest BCUT2D eigenvalue weighted by Gasteiger charge is -2.34. The van der Waals surface area contributed by atoms with Gasteiger partial charge in [0.1, 0.15) is 0 Å². The van der Waals surface area contributed by atoms with Crippen LogP contribution in [0.5, 0.6) is 0 Å². The number of aromatic nitrogens is 2. The minimum Gasteiger partial charge on any atom is -0.390 e. The lowest BCUT2D eigenvalue weighted by molar-refractivity contribution is 0.0572. The number of rotatable bonds is 4. The van der Waals surface area contributed by atoms with Gasteiger partial charge in [0.2, 0.25) is 0 Å². The van der Waals surface area contributed by atoms with E-state index in [1.54, 1.807) is 13.1 Å². The zero-order chi connectivity index (χ0) is 16.4. The summed E-state index contributed by atoms with van der Waals surface area (Å²) in [7, 11) is 1.69. The molecule has 0 aromatic carbocycles. The van der Waals surface area contributed by atoms with Gasteiger partial charge in [-0.1, -0.05) is 6.92 Å². The molecule has 1 aromatic rings. The quantitative estimate of drug-likeness (QED) is 0.861. The highest BCUT2D eigenvalue weighted by Gasteiger charge is 2.23. The van der Waals surface area contributed by atoms with E-state index < -0.39 is 0 Å². The Bertz CT molecular complexity index is 593. The number of piperidine rings is 1. The fourth-order valence-electron chi connectivity index (χ4n) is 3.61. The van der Waals surface area contributed by atoms with E-state index in [0.29, 0.717) is 13.1 Å². The molecule has 0 saturated carbocycles. The van der Waals surface area contributed by atoms with Gasteiger partial charge in [-0.3, -0.25) is 9.69 Å². The summed E-state index contributed by atoms with van der Waals surface area (Å²) in [5, 5.41) is 14.7. The maximum Gasteiger partial charge on any atom is 0.266 e. The van der Waals surface area contributed by atoms with Crippen LogP contribution in [0.3, 0.4) is 0 Å². The summed E-state index contributed by atoms with van der Waals surface area (Å²) in [5.41, 5.74) is 1.97. The van der Waals surface area contributed by atoms with Crippen molar-refractivity contribution in [2.75, 3.05) is 32.7 Å². The number of hydrogen-bond donors (Lipinski definition) is 1. The first-order valence-electron chi connectivity index (χ1n) is 8.70. The molecule has 6 heteroatoms. The molecule has 0 spiro atoms. The third-order valence-corrected chi connectivity index (χ3v) is 5.13. The molecule has 1 fully saturated rings. The molecule has 1 unspecified atom stereocenters. The van der Waals surface area contributed by atoms with Crippen LogP contribution in [-0.4, -0.2) is 63.5 Å². The Morgan fingerprint density at radius 3 is 2.70 bits per heavy atom. The second kappa shape index (κ2) is 7.11. The minimum atomic E-state index is -0.329. The standard InChI is InChI=1S/C17H28N4O2/c1-13-3-6-20(7-4-13)11-15(22)12-21-8-5-16-14(10-21)9-17(23)19(2)18-16/h9,13,15,22H,3-8,10-12H2,1-2H3. The molecule has 6 nitrogen and oxygen atoms in total. The lowest BCUT2D eigenvalue weighted by atomic mass is 9.99. The van der Waals surface area contributed by atoms with Crippen LogP contribution in [0.4, 0.5) is 0 Å². The summed E-state index contributed by atoms with van der Waals surface area (Å²) >= 11 is 0. The van der Waals surface area contributed by atoms with Gasteiger partial charge >= 0.3 is 0 Å². The average Bonchev–Trinajstić information content (AvgIpc) is 2.51. The highest BCUT2D eigenvalue weighted by atomic mass is 16.3. The Morgan fingerprint density at radius 1 is 1.26 bits per heavy atom. The molecule has 0 bridgehead atoms. The zero-order valence-corrected chi connectivity index (χ0v) is 14.2. The van der Waals surface area contributed by atoms with Gasteiger partial charge < -0.3 is 10.0 Å². The van der Waals surface area contributed by atoms with Gasteiger partial charge in [-0.15, -0.1) is 0 Å². The van der Waals surface area contributed by atoms with Gasteiger partial charge in [0.05, 0.1) is 11.8 Å². The molecule has 1 aromatic heterocycles. The van der Waals surface area contributed by atoms with Crippen LogP contribution >= 0.6 is 0 Å². The topological polar surface area (TPSA) is 61.6 Å². The third kappa shape index (κ3) is 4.19. The normalized spacial score (nSPS) is 22.0. The first-order chi connectivity index (χ1) is 11.0. The molecule has 1 saturated heterocycles. The van der Waals surface area contributed by atoms with Gasteiger partial charge in [-0.25, -0.2) is 4.68 Å². The van der Waals surface area contributed by atoms with E-state index in [9.17, 15) is 9.90 Å². The van der Waals surface area contributed by atoms with Crippen LogP contribution in [-0.2, 0) is 20.0 Å². The second-order valence-corrected chi connectivity index (χ2v) is 7.20. The van der Waals surface area contributed by atoms with E-state index in [-0.39, 0.29) is 11.7 Å². The molecule has 128 valence electrons. The monoisotopic (exact) mass is 320 g/mol. The minimum absolute atomic E-state index is 0.0615. The molecule has 2 aliphatic heterocycles. The summed E-state index contributed by atoms with van der Waals surface area (Å²) in [6, 6.07) is 1.69. The first kappa shape index (κ1) is 16.6. The van der Waals surface area contributed by atoms with Crippen molar-refractivity contribution in [1.29, 1.82) is 0 Å². The Morgan fingerprint density at radius 2 is 1.96 bits per heavy atom. The van der Waals surface area contributed by atoms with Crippen molar-refractivity contribution >= 4 is 0 Å². The van der Waals surface area contributed by atoms with Crippen molar-refractivity contribution in [2.45, 2.75) is 38.8 Å². The van der Waals surface area contributed by atoms with Gasteiger partial charge in [0.15, 0.2) is 0 Å². The van der Waals surface area contributed by atoms with Crippen LogP contribution in [0.15, 0.2) is 10.9 Å². The highest BCUT2D eigenvalue weighted by Crippen LogP contribution is 2.18. The van der Waals surface area contributed by atoms with Crippen molar-refractivity contribution in [3.8, 4) is 0 Å². The predicted molar refractivity (Wildman–Crippen MR) is 89.3 cm³/mol. The Labute approximate surface area is 137 Å². The SMILES string of the molecule is CC1CCN(CC(O)CN2CCc3nn(C)c(=O)cc3C2)CC1. The number of hydrogen-bond acceptors (Lipinski definition) is 5. The molecule has 3 heterocycles. The molecule has 0 aliphatic carbocycles. The molecule has 0 radical (unpaired) electrons. The van der Waals surface area contributed by atoms with Crippen LogP contribution < -0.4 is 5.56 Å². The van der Waals surface area contributed by atoms with E-state index in [1.165, 1.54) is 17.5 Å². The van der Waals surface area contributed by atoms with Gasteiger partial charge in [-0.05, 0) is 37.4 Å². The van der Waals surface area contributed by atoms with Crippen LogP contribution in [0.1, 0.15) is 31.0 Å². The third-order valence-electron chi connectivity index (χ3n) is 5.13. The fourth-order valence-corrected chi connectivity index (χ4v) is 3.61. The Balaban J connectivity index is 1.52. The predicted octanol–water partition coefficient (Wildman–Crippen LogP) is 0.231. The lowest BCUT2D eigenvalue weighted by Crippen LogP contribution is -2.44. The first-order valence-corrected chi connectivity index (χ1v) is 8.70. The number of aliphatic hydroxyl groups excluding tert-OH is 1. The van der Waals surface area contributed by atoms with E-state index in [4.69, 9.17) is 0 Å². The van der Waals surface area contributed by atoms with Crippen LogP contribution in [0.25, 0.3) is 0 Å². The van der Waals surface area contributed by atoms with E-state index >= 15 is 0 Å². The number of aryl methyl sites for hydroxylation is 1. The Kier molecular flexibility index (Phi) is 5.14. The largest absolute Gasteiger partial charge is 0.390 e. The van der Waals surface area contributed by atoms with Crippen LogP contribution in [0, 0.1) is 5.92 Å². The number of aliphatic hydroxyl groups is 1. The smallest absolute Gasteiger partial charge is 0.266 e. The van der Waals surface area contributed by atoms with Crippen molar-refractivity contribution in [2.24, 2.45) is 13.0 Å². The van der Waals surface area contributed by atoms with E-state index in [1.807, 2.05) is 0 Å². The maximum atomic E-state index is 11.7. The molecule has 1 N–H and O–H groups in total. The maximum absolute atomic E-state index is 11.7. The van der Waals surface area contributed by atoms with Crippen molar-refractivity contribution < 1.29 is 5.11 Å². The number of nitrogens with zero attached hydrogens (tertiary/aromatic N) is 4. The summed E-state index contributed by atoms with van der Waals surface area (Å²) in [6.45, 7) is 7.53. The van der Waals surface area contributed by atoms with Crippen molar-refractivity contribution in [3.63, 3.8) is 0 Å². The molecule has 3 rings (SSSR count). The van der Waals surface area contributed by atoms with Crippen molar-refractivity contribution in [3.05, 3.63) is 27.7 Å². The highest BCUT2D eigenvalue weighted by molar-refractivity contribution is 5.20. The van der Waals surface area contributed by atoms with E-state index in [2.05, 4.69) is 21.8 Å². The summed E-state index contributed by atoms with van der Waals surface area (Å²) < 4.78 is 1.40. The molecule has 23 heavy (non-hydrogen) atoms. The molecule has 0 amide bonds. The van der Waals surface area contributed by atoms with E-state index in [0.717, 1.165) is 49.8 Å². The Hall–Kier alpha value is -1.24. The van der Waals surface area contributed by atoms with Crippen molar-refractivity contribution in [1.82, 2.24) is 19.6 Å².